The highest BCUT2D eigenvalue weighted by atomic mass is 35.5. The molecule has 1 atom stereocenters. The molecule has 1 fully saturated rings. The van der Waals surface area contributed by atoms with Gasteiger partial charge in [0.05, 0.1) is 0 Å². The van der Waals surface area contributed by atoms with E-state index in [1.54, 1.807) is 4.90 Å². The third-order valence-corrected chi connectivity index (χ3v) is 2.94. The Labute approximate surface area is 94.7 Å². The van der Waals surface area contributed by atoms with Crippen molar-refractivity contribution in [1.82, 2.24) is 4.90 Å². The van der Waals surface area contributed by atoms with Gasteiger partial charge in [0.15, 0.2) is 0 Å². The fourth-order valence-electron chi connectivity index (χ4n) is 1.88. The molecule has 15 heavy (non-hydrogen) atoms. The van der Waals surface area contributed by atoms with Gasteiger partial charge in [-0.2, -0.15) is 0 Å². The number of nitrogens with two attached hydrogens (primary N) is 1. The molecule has 1 saturated heterocycles. The van der Waals surface area contributed by atoms with E-state index in [4.69, 9.17) is 17.3 Å². The number of unbranched alkanes of at least 4 members (excludes halogenated alkanes) is 1. The van der Waals surface area contributed by atoms with Crippen molar-refractivity contribution >= 4 is 23.4 Å². The summed E-state index contributed by atoms with van der Waals surface area (Å²) in [5.74, 6) is 0.214. The third kappa shape index (κ3) is 3.38. The van der Waals surface area contributed by atoms with Gasteiger partial charge in [0.1, 0.15) is 6.04 Å². The number of carbonyl (C=O) groups excluding carboxylic acids is 2. The molecular weight excluding hydrogens is 216 g/mol. The third-order valence-electron chi connectivity index (χ3n) is 2.68. The quantitative estimate of drug-likeness (QED) is 0.565. The minimum Gasteiger partial charge on any atom is -0.368 e. The largest absolute Gasteiger partial charge is 0.368 e. The molecule has 2 N–H and O–H groups in total. The Balaban J connectivity index is 2.40. The molecule has 4 nitrogen and oxygen atoms in total. The van der Waals surface area contributed by atoms with Gasteiger partial charge in [0.2, 0.25) is 11.8 Å². The number of alkyl halides is 1. The van der Waals surface area contributed by atoms with Crippen LogP contribution < -0.4 is 5.73 Å². The fraction of sp³-hybridized carbons (Fsp3) is 0.800. The number of halogens is 1. The zero-order valence-electron chi connectivity index (χ0n) is 8.75. The van der Waals surface area contributed by atoms with Gasteiger partial charge in [-0.25, -0.2) is 0 Å². The van der Waals surface area contributed by atoms with E-state index < -0.39 is 5.91 Å². The Hall–Kier alpha value is -0.770. The van der Waals surface area contributed by atoms with Crippen molar-refractivity contribution in [3.8, 4) is 0 Å². The van der Waals surface area contributed by atoms with Gasteiger partial charge in [-0.05, 0) is 25.7 Å². The highest BCUT2D eigenvalue weighted by molar-refractivity contribution is 6.17. The second-order valence-electron chi connectivity index (χ2n) is 3.79. The Bertz CT molecular complexity index is 246. The second kappa shape index (κ2) is 5.95. The highest BCUT2D eigenvalue weighted by Gasteiger charge is 2.31. The van der Waals surface area contributed by atoms with Crippen molar-refractivity contribution < 1.29 is 9.59 Å². The van der Waals surface area contributed by atoms with Crippen LogP contribution in [0.5, 0.6) is 0 Å². The normalized spacial score (nSPS) is 20.6. The number of hydrogen-bond acceptors (Lipinski definition) is 2. The Morgan fingerprint density at radius 1 is 1.40 bits per heavy atom. The molecule has 86 valence electrons. The SMILES string of the molecule is NC(=O)C1CCCN1C(=O)CCCCCl. The summed E-state index contributed by atoms with van der Waals surface area (Å²) in [5, 5.41) is 0. The van der Waals surface area contributed by atoms with E-state index in [2.05, 4.69) is 0 Å². The smallest absolute Gasteiger partial charge is 0.240 e. The summed E-state index contributed by atoms with van der Waals surface area (Å²) < 4.78 is 0. The lowest BCUT2D eigenvalue weighted by Gasteiger charge is -2.21. The number of carbonyl (C=O) groups is 2. The van der Waals surface area contributed by atoms with Crippen LogP contribution in [-0.4, -0.2) is 35.2 Å². The number of rotatable bonds is 5. The van der Waals surface area contributed by atoms with E-state index in [9.17, 15) is 9.59 Å². The maximum Gasteiger partial charge on any atom is 0.240 e. The molecule has 1 unspecified atom stereocenters. The van der Waals surface area contributed by atoms with Crippen LogP contribution >= 0.6 is 11.6 Å². The summed E-state index contributed by atoms with van der Waals surface area (Å²) in [4.78, 5) is 24.4. The van der Waals surface area contributed by atoms with Crippen molar-refractivity contribution in [3.05, 3.63) is 0 Å². The van der Waals surface area contributed by atoms with Crippen LogP contribution in [0.2, 0.25) is 0 Å². The lowest BCUT2D eigenvalue weighted by atomic mass is 10.2. The van der Waals surface area contributed by atoms with Gasteiger partial charge in [-0.15, -0.1) is 11.6 Å². The molecule has 0 radical (unpaired) electrons. The first-order chi connectivity index (χ1) is 7.16. The second-order valence-corrected chi connectivity index (χ2v) is 4.17. The molecule has 1 heterocycles. The Morgan fingerprint density at radius 3 is 2.73 bits per heavy atom. The van der Waals surface area contributed by atoms with Gasteiger partial charge in [-0.3, -0.25) is 9.59 Å². The first-order valence-electron chi connectivity index (χ1n) is 5.31. The van der Waals surface area contributed by atoms with Crippen molar-refractivity contribution in [2.45, 2.75) is 38.1 Å². The molecule has 0 aromatic carbocycles. The molecule has 1 rings (SSSR count). The Kier molecular flexibility index (Phi) is 4.88. The summed E-state index contributed by atoms with van der Waals surface area (Å²) in [6.07, 6.45) is 3.66. The fourth-order valence-corrected chi connectivity index (χ4v) is 2.06. The van der Waals surface area contributed by atoms with E-state index in [0.29, 0.717) is 25.3 Å². The first-order valence-corrected chi connectivity index (χ1v) is 5.85. The number of primary amides is 1. The molecule has 0 saturated carbocycles. The van der Waals surface area contributed by atoms with Crippen LogP contribution in [0.4, 0.5) is 0 Å². The van der Waals surface area contributed by atoms with Crippen molar-refractivity contribution in [2.24, 2.45) is 5.73 Å². The minimum atomic E-state index is -0.391. The lowest BCUT2D eigenvalue weighted by molar-refractivity contribution is -0.137. The maximum atomic E-state index is 11.7. The minimum absolute atomic E-state index is 0.0291. The van der Waals surface area contributed by atoms with Gasteiger partial charge >= 0.3 is 0 Å². The molecule has 1 aliphatic rings. The topological polar surface area (TPSA) is 63.4 Å². The average Bonchev–Trinajstić information content (AvgIpc) is 2.66. The molecule has 0 aliphatic carbocycles. The number of amides is 2. The van der Waals surface area contributed by atoms with Gasteiger partial charge in [-0.1, -0.05) is 0 Å². The number of nitrogens with zero attached hydrogens (tertiary/aromatic N) is 1. The predicted octanol–water partition coefficient (Wildman–Crippen LogP) is 0.872. The molecule has 1 aliphatic heterocycles. The van der Waals surface area contributed by atoms with Gasteiger partial charge in [0.25, 0.3) is 0 Å². The molecule has 5 heteroatoms. The van der Waals surface area contributed by atoms with Gasteiger partial charge in [0, 0.05) is 18.8 Å². The van der Waals surface area contributed by atoms with Crippen LogP contribution in [0.15, 0.2) is 0 Å². The molecule has 0 spiro atoms. The van der Waals surface area contributed by atoms with Crippen LogP contribution in [0, 0.1) is 0 Å². The summed E-state index contributed by atoms with van der Waals surface area (Å²) in [6.45, 7) is 0.660. The van der Waals surface area contributed by atoms with E-state index >= 15 is 0 Å². The summed E-state index contributed by atoms with van der Waals surface area (Å²) in [7, 11) is 0. The Morgan fingerprint density at radius 2 is 2.13 bits per heavy atom. The molecular formula is C10H17ClN2O2. The lowest BCUT2D eigenvalue weighted by Crippen LogP contribution is -2.43. The maximum absolute atomic E-state index is 11.7. The van der Waals surface area contributed by atoms with E-state index in [-0.39, 0.29) is 11.9 Å². The predicted molar refractivity (Wildman–Crippen MR) is 58.5 cm³/mol. The zero-order chi connectivity index (χ0) is 11.3. The van der Waals surface area contributed by atoms with Crippen LogP contribution in [0.3, 0.4) is 0 Å². The van der Waals surface area contributed by atoms with Crippen LogP contribution in [0.1, 0.15) is 32.1 Å². The van der Waals surface area contributed by atoms with Gasteiger partial charge < -0.3 is 10.6 Å². The van der Waals surface area contributed by atoms with Crippen molar-refractivity contribution in [2.75, 3.05) is 12.4 Å². The van der Waals surface area contributed by atoms with Crippen molar-refractivity contribution in [1.29, 1.82) is 0 Å². The van der Waals surface area contributed by atoms with Crippen molar-refractivity contribution in [3.63, 3.8) is 0 Å². The van der Waals surface area contributed by atoms with E-state index in [0.717, 1.165) is 19.3 Å². The average molecular weight is 233 g/mol. The standard InChI is InChI=1S/C10H17ClN2O2/c11-6-2-1-5-9(14)13-7-3-4-8(13)10(12)15/h8H,1-7H2,(H2,12,15). The highest BCUT2D eigenvalue weighted by Crippen LogP contribution is 2.18. The summed E-state index contributed by atoms with van der Waals surface area (Å²) >= 11 is 5.52. The summed E-state index contributed by atoms with van der Waals surface area (Å²) in [5.41, 5.74) is 5.23. The molecule has 2 amide bonds. The van der Waals surface area contributed by atoms with E-state index in [1.807, 2.05) is 0 Å². The van der Waals surface area contributed by atoms with Crippen LogP contribution in [-0.2, 0) is 9.59 Å². The summed E-state index contributed by atoms with van der Waals surface area (Å²) in [6, 6.07) is -0.381. The molecule has 0 aromatic rings. The number of likely N-dealkylation sites (tertiary alicyclic amines) is 1. The van der Waals surface area contributed by atoms with Crippen LogP contribution in [0.25, 0.3) is 0 Å². The van der Waals surface area contributed by atoms with E-state index in [1.165, 1.54) is 0 Å². The number of hydrogen-bond donors (Lipinski definition) is 1. The zero-order valence-corrected chi connectivity index (χ0v) is 9.50. The molecule has 0 bridgehead atoms. The first kappa shape index (κ1) is 12.3. The molecule has 0 aromatic heterocycles. The monoisotopic (exact) mass is 232 g/mol.